The van der Waals surface area contributed by atoms with E-state index in [9.17, 15) is 14.0 Å². The van der Waals surface area contributed by atoms with Crippen LogP contribution in [0.5, 0.6) is 0 Å². The number of benzene rings is 1. The van der Waals surface area contributed by atoms with Crippen molar-refractivity contribution in [2.45, 2.75) is 0 Å². The number of rotatable bonds is 4. The molecule has 2 aromatic rings. The summed E-state index contributed by atoms with van der Waals surface area (Å²) in [5, 5.41) is 4.93. The minimum atomic E-state index is -0.495. The molecule has 0 fully saturated rings. The van der Waals surface area contributed by atoms with Crippen LogP contribution < -0.4 is 10.6 Å². The third-order valence-corrected chi connectivity index (χ3v) is 2.76. The van der Waals surface area contributed by atoms with Crippen molar-refractivity contribution in [1.82, 2.24) is 5.32 Å². The second-order valence-electron chi connectivity index (χ2n) is 3.84. The number of carbonyl (C=O) groups is 2. The van der Waals surface area contributed by atoms with Gasteiger partial charge >= 0.3 is 0 Å². The average molecular weight is 341 g/mol. The zero-order valence-corrected chi connectivity index (χ0v) is 11.7. The largest absolute Gasteiger partial charge is 0.444 e. The van der Waals surface area contributed by atoms with Crippen LogP contribution in [-0.4, -0.2) is 18.4 Å². The molecule has 2 N–H and O–H groups in total. The molecule has 104 valence electrons. The van der Waals surface area contributed by atoms with Crippen LogP contribution in [0.3, 0.4) is 0 Å². The van der Waals surface area contributed by atoms with Gasteiger partial charge < -0.3 is 15.1 Å². The monoisotopic (exact) mass is 340 g/mol. The predicted octanol–water partition coefficient (Wildman–Crippen LogP) is 2.55. The highest BCUT2D eigenvalue weighted by Crippen LogP contribution is 2.13. The van der Waals surface area contributed by atoms with Crippen molar-refractivity contribution in [2.75, 3.05) is 11.9 Å². The number of carbonyl (C=O) groups excluding carboxylic acids is 2. The van der Waals surface area contributed by atoms with Gasteiger partial charge in [-0.1, -0.05) is 0 Å². The first-order valence-corrected chi connectivity index (χ1v) is 6.43. The Hall–Kier alpha value is -2.15. The molecule has 0 spiro atoms. The number of anilines is 1. The Labute approximate surface area is 122 Å². The van der Waals surface area contributed by atoms with Crippen LogP contribution >= 0.6 is 15.9 Å². The Morgan fingerprint density at radius 2 is 1.85 bits per heavy atom. The number of hydrogen-bond donors (Lipinski definition) is 2. The van der Waals surface area contributed by atoms with Crippen molar-refractivity contribution in [1.29, 1.82) is 0 Å². The summed E-state index contributed by atoms with van der Waals surface area (Å²) in [5.41, 5.74) is 0.450. The van der Waals surface area contributed by atoms with Crippen molar-refractivity contribution in [2.24, 2.45) is 0 Å². The molecule has 2 rings (SSSR count). The second kappa shape index (κ2) is 6.33. The lowest BCUT2D eigenvalue weighted by molar-refractivity contribution is -0.115. The van der Waals surface area contributed by atoms with Gasteiger partial charge in [-0.2, -0.15) is 0 Å². The van der Waals surface area contributed by atoms with Crippen molar-refractivity contribution in [3.63, 3.8) is 0 Å². The Morgan fingerprint density at radius 3 is 2.45 bits per heavy atom. The molecule has 0 bridgehead atoms. The number of nitrogens with one attached hydrogen (secondary N) is 2. The van der Waals surface area contributed by atoms with Crippen LogP contribution in [0.4, 0.5) is 10.1 Å². The molecule has 0 aliphatic heterocycles. The van der Waals surface area contributed by atoms with Gasteiger partial charge in [-0.15, -0.1) is 0 Å². The minimum absolute atomic E-state index is 0.103. The van der Waals surface area contributed by atoms with Crippen molar-refractivity contribution in [3.8, 4) is 0 Å². The van der Waals surface area contributed by atoms with E-state index in [1.165, 1.54) is 30.3 Å². The molecule has 7 heteroatoms. The Bertz CT molecular complexity index is 625. The van der Waals surface area contributed by atoms with Crippen LogP contribution in [0.1, 0.15) is 10.6 Å². The maximum absolute atomic E-state index is 12.7. The molecule has 0 aliphatic carbocycles. The number of halogens is 2. The quantitative estimate of drug-likeness (QED) is 0.898. The summed E-state index contributed by atoms with van der Waals surface area (Å²) < 4.78 is 18.2. The second-order valence-corrected chi connectivity index (χ2v) is 4.62. The highest BCUT2D eigenvalue weighted by molar-refractivity contribution is 9.10. The van der Waals surface area contributed by atoms with E-state index in [1.807, 2.05) is 0 Å². The molecular formula is C13H10BrFN2O3. The highest BCUT2D eigenvalue weighted by atomic mass is 79.9. The van der Waals surface area contributed by atoms with Crippen LogP contribution in [0.2, 0.25) is 0 Å². The molecule has 5 nitrogen and oxygen atoms in total. The van der Waals surface area contributed by atoms with Gasteiger partial charge in [0.2, 0.25) is 5.91 Å². The third kappa shape index (κ3) is 3.92. The van der Waals surface area contributed by atoms with Crippen molar-refractivity contribution >= 4 is 33.4 Å². The molecule has 1 heterocycles. The molecule has 0 atom stereocenters. The summed E-state index contributed by atoms with van der Waals surface area (Å²) in [6.07, 6.45) is 0. The van der Waals surface area contributed by atoms with Gasteiger partial charge in [0.15, 0.2) is 10.4 Å². The lowest BCUT2D eigenvalue weighted by atomic mass is 10.3. The minimum Gasteiger partial charge on any atom is -0.444 e. The summed E-state index contributed by atoms with van der Waals surface area (Å²) >= 11 is 3.07. The smallest absolute Gasteiger partial charge is 0.287 e. The van der Waals surface area contributed by atoms with E-state index in [2.05, 4.69) is 26.6 Å². The average Bonchev–Trinajstić information content (AvgIpc) is 2.85. The fraction of sp³-hybridized carbons (Fsp3) is 0.0769. The van der Waals surface area contributed by atoms with E-state index < -0.39 is 11.8 Å². The van der Waals surface area contributed by atoms with Crippen LogP contribution in [-0.2, 0) is 4.79 Å². The molecule has 0 saturated heterocycles. The van der Waals surface area contributed by atoms with Gasteiger partial charge in [0.1, 0.15) is 5.82 Å². The first-order chi connectivity index (χ1) is 9.54. The van der Waals surface area contributed by atoms with E-state index in [0.717, 1.165) is 0 Å². The molecule has 20 heavy (non-hydrogen) atoms. The fourth-order valence-electron chi connectivity index (χ4n) is 1.42. The summed E-state index contributed by atoms with van der Waals surface area (Å²) in [6, 6.07) is 8.38. The maximum Gasteiger partial charge on any atom is 0.287 e. The number of furan rings is 1. The van der Waals surface area contributed by atoms with E-state index in [-0.39, 0.29) is 18.1 Å². The summed E-state index contributed by atoms with van der Waals surface area (Å²) in [7, 11) is 0. The molecule has 0 unspecified atom stereocenters. The summed E-state index contributed by atoms with van der Waals surface area (Å²) in [5.74, 6) is -1.20. The number of hydrogen-bond acceptors (Lipinski definition) is 3. The first kappa shape index (κ1) is 14.3. The number of amides is 2. The van der Waals surface area contributed by atoms with Gasteiger partial charge in [-0.05, 0) is 52.3 Å². The normalized spacial score (nSPS) is 10.1. The van der Waals surface area contributed by atoms with Crippen LogP contribution in [0.25, 0.3) is 0 Å². The van der Waals surface area contributed by atoms with Gasteiger partial charge in [0.25, 0.3) is 5.91 Å². The van der Waals surface area contributed by atoms with Crippen LogP contribution in [0, 0.1) is 5.82 Å². The third-order valence-electron chi connectivity index (χ3n) is 2.33. The summed E-state index contributed by atoms with van der Waals surface area (Å²) in [4.78, 5) is 23.2. The molecular weight excluding hydrogens is 331 g/mol. The van der Waals surface area contributed by atoms with Gasteiger partial charge in [-0.25, -0.2) is 4.39 Å². The molecule has 0 radical (unpaired) electrons. The van der Waals surface area contributed by atoms with Gasteiger partial charge in [-0.3, -0.25) is 9.59 Å². The van der Waals surface area contributed by atoms with Crippen molar-refractivity contribution in [3.05, 3.63) is 52.6 Å². The lowest BCUT2D eigenvalue weighted by Gasteiger charge is -2.05. The summed E-state index contributed by atoms with van der Waals surface area (Å²) in [6.45, 7) is -0.214. The first-order valence-electron chi connectivity index (χ1n) is 5.63. The van der Waals surface area contributed by atoms with E-state index in [4.69, 9.17) is 4.42 Å². The standard InChI is InChI=1S/C13H10BrFN2O3/c14-11-6-5-10(20-11)13(19)16-7-12(18)17-9-3-1-8(15)2-4-9/h1-6H,7H2,(H,16,19)(H,17,18). The van der Waals surface area contributed by atoms with Crippen LogP contribution in [0.15, 0.2) is 45.5 Å². The molecule has 0 saturated carbocycles. The van der Waals surface area contributed by atoms with Gasteiger partial charge in [0.05, 0.1) is 6.54 Å². The van der Waals surface area contributed by atoms with Gasteiger partial charge in [0, 0.05) is 5.69 Å². The fourth-order valence-corrected chi connectivity index (χ4v) is 1.73. The highest BCUT2D eigenvalue weighted by Gasteiger charge is 2.11. The van der Waals surface area contributed by atoms with Crippen molar-refractivity contribution < 1.29 is 18.4 Å². The molecule has 0 aliphatic rings. The SMILES string of the molecule is O=C(CNC(=O)c1ccc(Br)o1)Nc1ccc(F)cc1. The zero-order chi connectivity index (χ0) is 14.5. The zero-order valence-electron chi connectivity index (χ0n) is 10.2. The Balaban J connectivity index is 1.83. The van der Waals surface area contributed by atoms with E-state index >= 15 is 0 Å². The molecule has 1 aromatic heterocycles. The Morgan fingerprint density at radius 1 is 1.15 bits per heavy atom. The molecule has 1 aromatic carbocycles. The maximum atomic E-state index is 12.7. The lowest BCUT2D eigenvalue weighted by Crippen LogP contribution is -2.32. The molecule has 2 amide bonds. The topological polar surface area (TPSA) is 71.3 Å². The Kier molecular flexibility index (Phi) is 4.52. The van der Waals surface area contributed by atoms with E-state index in [0.29, 0.717) is 10.4 Å². The predicted molar refractivity (Wildman–Crippen MR) is 73.8 cm³/mol. The van der Waals surface area contributed by atoms with E-state index in [1.54, 1.807) is 6.07 Å².